The molecule has 0 spiro atoms. The van der Waals surface area contributed by atoms with Crippen molar-refractivity contribution in [3.8, 4) is 0 Å². The fourth-order valence-electron chi connectivity index (χ4n) is 1.54. The average Bonchev–Trinajstić information content (AvgIpc) is 2.93. The molecule has 0 bridgehead atoms. The van der Waals surface area contributed by atoms with E-state index in [1.165, 1.54) is 18.6 Å². The van der Waals surface area contributed by atoms with Gasteiger partial charge in [0, 0.05) is 6.08 Å². The third-order valence-corrected chi connectivity index (χ3v) is 2.59. The molecule has 0 N–H and O–H groups in total. The monoisotopic (exact) mass is 280 g/mol. The van der Waals surface area contributed by atoms with E-state index in [0.29, 0.717) is 13.2 Å². The Balaban J connectivity index is 2.75. The number of carbonyl (C=O) groups excluding carboxylic acids is 2. The standard InChI is InChI=1S/C15H20O5/c1-3-5-9-20-15(17)14(13-7-6-10-19-13)12(16)8-11-18-4-2/h6-8,10-11,14H,3-5,9H2,1-2H3. The number of unbranched alkanes of at least 4 members (excludes halogenated alkanes) is 1. The van der Waals surface area contributed by atoms with Crippen molar-refractivity contribution in [1.82, 2.24) is 0 Å². The summed E-state index contributed by atoms with van der Waals surface area (Å²) in [5, 5.41) is 0. The van der Waals surface area contributed by atoms with Crippen LogP contribution in [0.4, 0.5) is 0 Å². The van der Waals surface area contributed by atoms with Crippen molar-refractivity contribution in [3.63, 3.8) is 0 Å². The van der Waals surface area contributed by atoms with Crippen LogP contribution in [0.1, 0.15) is 38.4 Å². The molecule has 1 aromatic rings. The molecule has 0 radical (unpaired) electrons. The Morgan fingerprint density at radius 2 is 2.20 bits per heavy atom. The normalized spacial score (nSPS) is 12.3. The largest absolute Gasteiger partial charge is 0.501 e. The SMILES string of the molecule is CCCCOC(=O)C(C(=O)C=COCC)c1ccco1. The van der Waals surface area contributed by atoms with Crippen LogP contribution in [0.3, 0.4) is 0 Å². The summed E-state index contributed by atoms with van der Waals surface area (Å²) in [5.41, 5.74) is 0. The zero-order chi connectivity index (χ0) is 14.8. The molecule has 1 unspecified atom stereocenters. The van der Waals surface area contributed by atoms with Gasteiger partial charge < -0.3 is 13.9 Å². The minimum atomic E-state index is -1.07. The minimum absolute atomic E-state index is 0.276. The molecule has 5 nitrogen and oxygen atoms in total. The van der Waals surface area contributed by atoms with Crippen LogP contribution in [0.25, 0.3) is 0 Å². The van der Waals surface area contributed by atoms with E-state index in [1.54, 1.807) is 19.1 Å². The molecule has 0 aliphatic heterocycles. The lowest BCUT2D eigenvalue weighted by atomic mass is 10.0. The van der Waals surface area contributed by atoms with Gasteiger partial charge in [-0.05, 0) is 25.5 Å². The first kappa shape index (κ1) is 16.0. The van der Waals surface area contributed by atoms with Crippen LogP contribution in [0.5, 0.6) is 0 Å². The average molecular weight is 280 g/mol. The summed E-state index contributed by atoms with van der Waals surface area (Å²) in [6.07, 6.45) is 5.59. The van der Waals surface area contributed by atoms with Crippen LogP contribution < -0.4 is 0 Å². The third kappa shape index (κ3) is 4.91. The van der Waals surface area contributed by atoms with E-state index in [4.69, 9.17) is 13.9 Å². The summed E-state index contributed by atoms with van der Waals surface area (Å²) in [6, 6.07) is 3.21. The Hall–Kier alpha value is -2.04. The second kappa shape index (κ2) is 8.96. The first-order valence-corrected chi connectivity index (χ1v) is 6.72. The molecule has 0 saturated carbocycles. The summed E-state index contributed by atoms with van der Waals surface area (Å²) < 4.78 is 15.2. The summed E-state index contributed by atoms with van der Waals surface area (Å²) in [6.45, 7) is 4.55. The van der Waals surface area contributed by atoms with Crippen molar-refractivity contribution < 1.29 is 23.5 Å². The fraction of sp³-hybridized carbons (Fsp3) is 0.467. The number of ketones is 1. The van der Waals surface area contributed by atoms with Gasteiger partial charge in [0.1, 0.15) is 5.76 Å². The molecule has 20 heavy (non-hydrogen) atoms. The lowest BCUT2D eigenvalue weighted by Gasteiger charge is -2.11. The quantitative estimate of drug-likeness (QED) is 0.229. The maximum atomic E-state index is 12.1. The maximum Gasteiger partial charge on any atom is 0.324 e. The maximum absolute atomic E-state index is 12.1. The Morgan fingerprint density at radius 3 is 2.80 bits per heavy atom. The van der Waals surface area contributed by atoms with Gasteiger partial charge in [-0.15, -0.1) is 0 Å². The molecule has 110 valence electrons. The van der Waals surface area contributed by atoms with Crippen LogP contribution >= 0.6 is 0 Å². The van der Waals surface area contributed by atoms with Crippen molar-refractivity contribution in [1.29, 1.82) is 0 Å². The Kier molecular flexibility index (Phi) is 7.17. The molecule has 0 fully saturated rings. The van der Waals surface area contributed by atoms with Crippen LogP contribution in [0, 0.1) is 0 Å². The van der Waals surface area contributed by atoms with Crippen LogP contribution in [0.2, 0.25) is 0 Å². The van der Waals surface area contributed by atoms with E-state index >= 15 is 0 Å². The molecule has 5 heteroatoms. The van der Waals surface area contributed by atoms with E-state index < -0.39 is 17.7 Å². The molecule has 1 aromatic heterocycles. The summed E-state index contributed by atoms with van der Waals surface area (Å²) in [7, 11) is 0. The lowest BCUT2D eigenvalue weighted by molar-refractivity contribution is -0.148. The van der Waals surface area contributed by atoms with Crippen molar-refractivity contribution in [3.05, 3.63) is 36.5 Å². The predicted octanol–water partition coefficient (Wildman–Crippen LogP) is 2.83. The summed E-state index contributed by atoms with van der Waals surface area (Å²) >= 11 is 0. The van der Waals surface area contributed by atoms with Gasteiger partial charge in [0.05, 0.1) is 25.7 Å². The topological polar surface area (TPSA) is 65.7 Å². The molecule has 0 aliphatic rings. The van der Waals surface area contributed by atoms with E-state index in [2.05, 4.69) is 0 Å². The number of allylic oxidation sites excluding steroid dienone is 1. The molecular weight excluding hydrogens is 260 g/mol. The van der Waals surface area contributed by atoms with Gasteiger partial charge in [0.15, 0.2) is 11.7 Å². The number of ether oxygens (including phenoxy) is 2. The predicted molar refractivity (Wildman–Crippen MR) is 73.1 cm³/mol. The highest BCUT2D eigenvalue weighted by Gasteiger charge is 2.30. The van der Waals surface area contributed by atoms with Crippen molar-refractivity contribution in [2.75, 3.05) is 13.2 Å². The Labute approximate surface area is 118 Å². The Bertz CT molecular complexity index is 433. The van der Waals surface area contributed by atoms with Gasteiger partial charge in [-0.2, -0.15) is 0 Å². The summed E-state index contributed by atoms with van der Waals surface area (Å²) in [4.78, 5) is 24.1. The summed E-state index contributed by atoms with van der Waals surface area (Å²) in [5.74, 6) is -1.81. The lowest BCUT2D eigenvalue weighted by Crippen LogP contribution is -2.23. The molecule has 0 aromatic carbocycles. The van der Waals surface area contributed by atoms with Gasteiger partial charge in [-0.1, -0.05) is 13.3 Å². The molecule has 0 saturated heterocycles. The first-order valence-electron chi connectivity index (χ1n) is 6.72. The fourth-order valence-corrected chi connectivity index (χ4v) is 1.54. The number of hydrogen-bond donors (Lipinski definition) is 0. The van der Waals surface area contributed by atoms with E-state index in [9.17, 15) is 9.59 Å². The van der Waals surface area contributed by atoms with Crippen molar-refractivity contribution in [2.24, 2.45) is 0 Å². The zero-order valence-corrected chi connectivity index (χ0v) is 11.8. The molecule has 1 rings (SSSR count). The van der Waals surface area contributed by atoms with Gasteiger partial charge >= 0.3 is 5.97 Å². The van der Waals surface area contributed by atoms with E-state index in [1.807, 2.05) is 6.92 Å². The molecular formula is C15H20O5. The number of hydrogen-bond acceptors (Lipinski definition) is 5. The second-order valence-corrected chi connectivity index (χ2v) is 4.13. The molecule has 0 aliphatic carbocycles. The van der Waals surface area contributed by atoms with Crippen LogP contribution in [-0.2, 0) is 19.1 Å². The van der Waals surface area contributed by atoms with Crippen LogP contribution in [-0.4, -0.2) is 25.0 Å². The number of carbonyl (C=O) groups is 2. The number of furan rings is 1. The zero-order valence-electron chi connectivity index (χ0n) is 11.8. The van der Waals surface area contributed by atoms with Gasteiger partial charge in [0.2, 0.25) is 0 Å². The van der Waals surface area contributed by atoms with Gasteiger partial charge in [0.25, 0.3) is 0 Å². The minimum Gasteiger partial charge on any atom is -0.501 e. The van der Waals surface area contributed by atoms with Gasteiger partial charge in [-0.25, -0.2) is 0 Å². The van der Waals surface area contributed by atoms with Gasteiger partial charge in [-0.3, -0.25) is 9.59 Å². The molecule has 1 atom stereocenters. The third-order valence-electron chi connectivity index (χ3n) is 2.59. The first-order chi connectivity index (χ1) is 9.70. The molecule has 0 amide bonds. The van der Waals surface area contributed by atoms with Crippen molar-refractivity contribution >= 4 is 11.8 Å². The number of esters is 1. The van der Waals surface area contributed by atoms with E-state index in [0.717, 1.165) is 12.8 Å². The number of rotatable bonds is 9. The van der Waals surface area contributed by atoms with E-state index in [-0.39, 0.29) is 5.76 Å². The molecule has 1 heterocycles. The Morgan fingerprint density at radius 1 is 1.40 bits per heavy atom. The van der Waals surface area contributed by atoms with Crippen LogP contribution in [0.15, 0.2) is 35.2 Å². The smallest absolute Gasteiger partial charge is 0.324 e. The highest BCUT2D eigenvalue weighted by atomic mass is 16.5. The van der Waals surface area contributed by atoms with Crippen molar-refractivity contribution in [2.45, 2.75) is 32.6 Å². The second-order valence-electron chi connectivity index (χ2n) is 4.13. The highest BCUT2D eigenvalue weighted by Crippen LogP contribution is 2.20. The highest BCUT2D eigenvalue weighted by molar-refractivity contribution is 6.09.